The summed E-state index contributed by atoms with van der Waals surface area (Å²) in [6, 6.07) is 68.2. The summed E-state index contributed by atoms with van der Waals surface area (Å²) < 4.78 is 0. The molecule has 0 radical (unpaired) electrons. The van der Waals surface area contributed by atoms with Crippen LogP contribution in [0.4, 0.5) is 0 Å². The van der Waals surface area contributed by atoms with Crippen LogP contribution in [0.3, 0.4) is 0 Å². The standard InChI is InChI=1S/C53H35N3/c1-3-10-36(11-4-1)39-18-23-41(24-19-39)51-54-52(42-25-20-40(21-26-42)37-12-5-2-6-13-37)56-53(55-51)50-17-9-16-44(35-50)45-28-29-49-34-48(31-30-47(49)33-45)46-27-22-38-14-7-8-15-43(38)32-46/h1-5,7-12,14-23,25-35,41H,24H2. The number of aromatic nitrogens is 3. The Bertz CT molecular complexity index is 2930. The molecule has 0 fully saturated rings. The second-order valence-electron chi connectivity index (χ2n) is 14.3. The van der Waals surface area contributed by atoms with Gasteiger partial charge in [0.2, 0.25) is 0 Å². The van der Waals surface area contributed by atoms with Crippen LogP contribution in [0.15, 0.2) is 194 Å². The summed E-state index contributed by atoms with van der Waals surface area (Å²) in [4.78, 5) is 15.3. The lowest BCUT2D eigenvalue weighted by atomic mass is 9.92. The fraction of sp³-hybridized carbons (Fsp3) is 0.0377. The zero-order valence-corrected chi connectivity index (χ0v) is 30.6. The summed E-state index contributed by atoms with van der Waals surface area (Å²) in [5, 5.41) is 4.91. The Balaban J connectivity index is 0.990. The molecule has 262 valence electrons. The van der Waals surface area contributed by atoms with Gasteiger partial charge >= 0.3 is 0 Å². The number of allylic oxidation sites excluding steroid dienone is 4. The summed E-state index contributed by atoms with van der Waals surface area (Å²) in [6.45, 7) is 0. The number of benzene rings is 7. The lowest BCUT2D eigenvalue weighted by Crippen LogP contribution is -2.08. The van der Waals surface area contributed by atoms with Gasteiger partial charge in [-0.1, -0.05) is 170 Å². The van der Waals surface area contributed by atoms with Crippen molar-refractivity contribution in [1.29, 1.82) is 0 Å². The molecule has 1 aliphatic rings. The average molecular weight is 714 g/mol. The van der Waals surface area contributed by atoms with E-state index in [2.05, 4.69) is 182 Å². The summed E-state index contributed by atoms with van der Waals surface area (Å²) >= 11 is 0. The first-order valence-electron chi connectivity index (χ1n) is 19.0. The van der Waals surface area contributed by atoms with Gasteiger partial charge in [0.05, 0.1) is 0 Å². The molecule has 3 heteroatoms. The van der Waals surface area contributed by atoms with Crippen molar-refractivity contribution in [3.63, 3.8) is 0 Å². The highest BCUT2D eigenvalue weighted by atomic mass is 15.0. The lowest BCUT2D eigenvalue weighted by molar-refractivity contribution is 0.766. The molecule has 1 aromatic heterocycles. The predicted octanol–water partition coefficient (Wildman–Crippen LogP) is 13.2. The highest BCUT2D eigenvalue weighted by Crippen LogP contribution is 2.34. The molecule has 1 atom stereocenters. The van der Waals surface area contributed by atoms with Crippen LogP contribution in [-0.2, 0) is 0 Å². The number of hydrogen-bond donors (Lipinski definition) is 0. The highest BCUT2D eigenvalue weighted by Gasteiger charge is 2.19. The monoisotopic (exact) mass is 713 g/mol. The van der Waals surface area contributed by atoms with Crippen LogP contribution in [0, 0.1) is 12.1 Å². The van der Waals surface area contributed by atoms with E-state index in [1.165, 1.54) is 43.8 Å². The second-order valence-corrected chi connectivity index (χ2v) is 14.3. The van der Waals surface area contributed by atoms with Crippen LogP contribution in [0.1, 0.15) is 23.7 Å². The Morgan fingerprint density at radius 3 is 1.68 bits per heavy atom. The van der Waals surface area contributed by atoms with Gasteiger partial charge in [-0.15, -0.1) is 0 Å². The Labute approximate surface area is 327 Å². The van der Waals surface area contributed by atoms with Crippen LogP contribution in [0.5, 0.6) is 0 Å². The van der Waals surface area contributed by atoms with Gasteiger partial charge in [0.25, 0.3) is 0 Å². The Hall–Kier alpha value is -7.41. The van der Waals surface area contributed by atoms with E-state index in [0.717, 1.165) is 45.6 Å². The van der Waals surface area contributed by atoms with Gasteiger partial charge in [0.15, 0.2) is 11.6 Å². The first kappa shape index (κ1) is 33.2. The minimum Gasteiger partial charge on any atom is -0.212 e. The third kappa shape index (κ3) is 6.66. The predicted molar refractivity (Wildman–Crippen MR) is 231 cm³/mol. The number of nitrogens with zero attached hydrogens (tertiary/aromatic N) is 3. The molecule has 8 aromatic carbocycles. The van der Waals surface area contributed by atoms with E-state index >= 15 is 0 Å². The normalized spacial score (nSPS) is 13.7. The highest BCUT2D eigenvalue weighted by molar-refractivity contribution is 5.93. The molecule has 10 rings (SSSR count). The third-order valence-electron chi connectivity index (χ3n) is 10.7. The maximum absolute atomic E-state index is 5.15. The number of fused-ring (bicyclic) bond motifs is 2. The SMILES string of the molecule is c1cccc(-c2ccc(-c3nc(-c4cccc(-c5ccc6cc(-c7ccc8ccccc8c7)ccc6c5)c4)nc(C4C=CC(c5ccccc5)=CC4)n3)cc2)c#1. The van der Waals surface area contributed by atoms with Crippen LogP contribution < -0.4 is 0 Å². The number of rotatable bonds is 7. The van der Waals surface area contributed by atoms with Gasteiger partial charge in [-0.25, -0.2) is 15.0 Å². The number of hydrogen-bond acceptors (Lipinski definition) is 3. The largest absolute Gasteiger partial charge is 0.212 e. The van der Waals surface area contributed by atoms with E-state index in [9.17, 15) is 0 Å². The molecule has 0 aliphatic heterocycles. The van der Waals surface area contributed by atoms with E-state index in [1.807, 2.05) is 24.3 Å². The minimum absolute atomic E-state index is 0.0276. The van der Waals surface area contributed by atoms with E-state index in [1.54, 1.807) is 0 Å². The summed E-state index contributed by atoms with van der Waals surface area (Å²) in [7, 11) is 0. The first-order valence-corrected chi connectivity index (χ1v) is 19.0. The molecule has 0 spiro atoms. The topological polar surface area (TPSA) is 38.7 Å². The zero-order valence-electron chi connectivity index (χ0n) is 30.6. The lowest BCUT2D eigenvalue weighted by Gasteiger charge is -2.17. The maximum Gasteiger partial charge on any atom is 0.163 e. The third-order valence-corrected chi connectivity index (χ3v) is 10.7. The molecule has 0 amide bonds. The average Bonchev–Trinajstić information content (AvgIpc) is 3.29. The molecule has 0 saturated carbocycles. The maximum atomic E-state index is 5.15. The Kier molecular flexibility index (Phi) is 8.55. The van der Waals surface area contributed by atoms with E-state index in [4.69, 9.17) is 15.0 Å². The van der Waals surface area contributed by atoms with Gasteiger partial charge in [-0.2, -0.15) is 0 Å². The van der Waals surface area contributed by atoms with E-state index in [0.29, 0.717) is 11.6 Å². The Morgan fingerprint density at radius 1 is 0.429 bits per heavy atom. The van der Waals surface area contributed by atoms with Crippen molar-refractivity contribution in [2.24, 2.45) is 0 Å². The molecule has 56 heavy (non-hydrogen) atoms. The van der Waals surface area contributed by atoms with Crippen molar-refractivity contribution in [1.82, 2.24) is 15.0 Å². The molecule has 1 unspecified atom stereocenters. The van der Waals surface area contributed by atoms with Crippen molar-refractivity contribution >= 4 is 27.1 Å². The quantitative estimate of drug-likeness (QED) is 0.165. The molecule has 9 aromatic rings. The Morgan fingerprint density at radius 2 is 1.00 bits per heavy atom. The van der Waals surface area contributed by atoms with Crippen LogP contribution in [0.25, 0.3) is 83.3 Å². The summed E-state index contributed by atoms with van der Waals surface area (Å²) in [5.41, 5.74) is 11.1. The van der Waals surface area contributed by atoms with Crippen LogP contribution in [-0.4, -0.2) is 15.0 Å². The van der Waals surface area contributed by atoms with Crippen LogP contribution >= 0.6 is 0 Å². The molecule has 1 heterocycles. The first-order chi connectivity index (χ1) is 27.7. The van der Waals surface area contributed by atoms with Crippen molar-refractivity contribution in [2.45, 2.75) is 12.3 Å². The van der Waals surface area contributed by atoms with Gasteiger partial charge in [0, 0.05) is 22.6 Å². The van der Waals surface area contributed by atoms with Crippen LogP contribution in [0.2, 0.25) is 0 Å². The van der Waals surface area contributed by atoms with E-state index < -0.39 is 0 Å². The fourth-order valence-corrected chi connectivity index (χ4v) is 7.61. The van der Waals surface area contributed by atoms with Gasteiger partial charge in [-0.05, 0) is 103 Å². The second kappa shape index (κ2) is 14.4. The molecule has 0 saturated heterocycles. The van der Waals surface area contributed by atoms with Gasteiger partial charge in [-0.3, -0.25) is 0 Å². The smallest absolute Gasteiger partial charge is 0.163 e. The molecule has 1 aliphatic carbocycles. The van der Waals surface area contributed by atoms with Crippen molar-refractivity contribution in [2.75, 3.05) is 0 Å². The molecule has 3 nitrogen and oxygen atoms in total. The van der Waals surface area contributed by atoms with E-state index in [-0.39, 0.29) is 5.92 Å². The molecule has 0 N–H and O–H groups in total. The van der Waals surface area contributed by atoms with Crippen molar-refractivity contribution in [3.05, 3.63) is 218 Å². The van der Waals surface area contributed by atoms with Gasteiger partial charge in [0.1, 0.15) is 5.82 Å². The fourth-order valence-electron chi connectivity index (χ4n) is 7.61. The molecular formula is C53H35N3. The summed E-state index contributed by atoms with van der Waals surface area (Å²) in [5.74, 6) is 2.11. The summed E-state index contributed by atoms with van der Waals surface area (Å²) in [6.07, 6.45) is 7.52. The zero-order chi connectivity index (χ0) is 37.3. The minimum atomic E-state index is 0.0276. The van der Waals surface area contributed by atoms with Crippen molar-refractivity contribution in [3.8, 4) is 56.2 Å². The molecular weight excluding hydrogens is 679 g/mol. The van der Waals surface area contributed by atoms with Gasteiger partial charge < -0.3 is 0 Å². The van der Waals surface area contributed by atoms with Crippen molar-refractivity contribution < 1.29 is 0 Å². The molecule has 0 bridgehead atoms.